The molecule has 7 heteroatoms. The molecule has 0 unspecified atom stereocenters. The minimum Gasteiger partial charge on any atom is -0.388 e. The zero-order valence-corrected chi connectivity index (χ0v) is 9.07. The molecule has 0 radical (unpaired) electrons. The Labute approximate surface area is 102 Å². The standard InChI is InChI=1S/C11H7N5O2/c12-5-10(14)11(6-13)15-7-8-1-3-9(4-2-8)16(17)18/h1-4,7H,14H2/b11-10+,15-7?. The highest BCUT2D eigenvalue weighted by atomic mass is 16.6. The molecule has 0 aromatic heterocycles. The van der Waals surface area contributed by atoms with Gasteiger partial charge in [0.2, 0.25) is 0 Å². The Kier molecular flexibility index (Phi) is 4.13. The van der Waals surface area contributed by atoms with E-state index in [1.54, 1.807) is 12.1 Å². The molecule has 18 heavy (non-hydrogen) atoms. The van der Waals surface area contributed by atoms with Gasteiger partial charge in [-0.2, -0.15) is 10.5 Å². The summed E-state index contributed by atoms with van der Waals surface area (Å²) in [6.45, 7) is 0. The predicted molar refractivity (Wildman–Crippen MR) is 63.1 cm³/mol. The number of hydrogen-bond donors (Lipinski definition) is 1. The van der Waals surface area contributed by atoms with Crippen LogP contribution in [0.15, 0.2) is 40.7 Å². The second-order valence-corrected chi connectivity index (χ2v) is 3.09. The Morgan fingerprint density at radius 2 is 1.94 bits per heavy atom. The van der Waals surface area contributed by atoms with E-state index in [0.717, 1.165) is 0 Å². The van der Waals surface area contributed by atoms with E-state index in [-0.39, 0.29) is 17.1 Å². The van der Waals surface area contributed by atoms with Crippen molar-refractivity contribution in [3.63, 3.8) is 0 Å². The number of nitrogens with two attached hydrogens (primary N) is 1. The molecule has 0 aliphatic heterocycles. The summed E-state index contributed by atoms with van der Waals surface area (Å²) in [5.74, 6) is 0. The van der Waals surface area contributed by atoms with Crippen molar-refractivity contribution in [2.75, 3.05) is 0 Å². The molecule has 7 nitrogen and oxygen atoms in total. The number of nitrogens with zero attached hydrogens (tertiary/aromatic N) is 4. The maximum Gasteiger partial charge on any atom is 0.269 e. The molecule has 0 saturated heterocycles. The Bertz CT molecular complexity index is 602. The molecule has 0 saturated carbocycles. The van der Waals surface area contributed by atoms with E-state index in [2.05, 4.69) is 4.99 Å². The van der Waals surface area contributed by atoms with Gasteiger partial charge in [0.25, 0.3) is 5.69 Å². The summed E-state index contributed by atoms with van der Waals surface area (Å²) in [7, 11) is 0. The second kappa shape index (κ2) is 5.77. The first-order valence-electron chi connectivity index (χ1n) is 4.67. The van der Waals surface area contributed by atoms with Crippen LogP contribution in [-0.4, -0.2) is 11.1 Å². The summed E-state index contributed by atoms with van der Waals surface area (Å²) in [4.78, 5) is 13.6. The molecule has 2 N–H and O–H groups in total. The van der Waals surface area contributed by atoms with Crippen LogP contribution in [0.4, 0.5) is 5.69 Å². The van der Waals surface area contributed by atoms with Crippen LogP contribution in [0.3, 0.4) is 0 Å². The average Bonchev–Trinajstić information content (AvgIpc) is 2.39. The fourth-order valence-electron chi connectivity index (χ4n) is 1.03. The minimum absolute atomic E-state index is 0.0419. The van der Waals surface area contributed by atoms with Crippen LogP contribution in [0, 0.1) is 32.8 Å². The number of aliphatic imine (C=N–C) groups is 1. The molecule has 0 spiro atoms. The van der Waals surface area contributed by atoms with Gasteiger partial charge in [-0.1, -0.05) is 0 Å². The highest BCUT2D eigenvalue weighted by molar-refractivity contribution is 5.81. The molecule has 0 aliphatic rings. The van der Waals surface area contributed by atoms with E-state index in [1.165, 1.54) is 30.5 Å². The number of allylic oxidation sites excluding steroid dienone is 2. The van der Waals surface area contributed by atoms with Gasteiger partial charge in [-0.25, -0.2) is 4.99 Å². The second-order valence-electron chi connectivity index (χ2n) is 3.09. The van der Waals surface area contributed by atoms with Crippen molar-refractivity contribution in [2.24, 2.45) is 10.7 Å². The van der Waals surface area contributed by atoms with Gasteiger partial charge in [0, 0.05) is 18.3 Å². The third-order valence-corrected chi connectivity index (χ3v) is 1.93. The Hall–Kier alpha value is -3.19. The van der Waals surface area contributed by atoms with Gasteiger partial charge in [0.15, 0.2) is 5.70 Å². The zero-order chi connectivity index (χ0) is 13.5. The van der Waals surface area contributed by atoms with Gasteiger partial charge < -0.3 is 5.73 Å². The van der Waals surface area contributed by atoms with Crippen LogP contribution < -0.4 is 5.73 Å². The van der Waals surface area contributed by atoms with E-state index >= 15 is 0 Å². The van der Waals surface area contributed by atoms with Crippen molar-refractivity contribution in [1.82, 2.24) is 0 Å². The fourth-order valence-corrected chi connectivity index (χ4v) is 1.03. The lowest BCUT2D eigenvalue weighted by molar-refractivity contribution is -0.384. The summed E-state index contributed by atoms with van der Waals surface area (Å²) in [6.07, 6.45) is 1.30. The van der Waals surface area contributed by atoms with Crippen molar-refractivity contribution >= 4 is 11.9 Å². The van der Waals surface area contributed by atoms with Crippen LogP contribution in [0.1, 0.15) is 5.56 Å². The number of rotatable bonds is 3. The van der Waals surface area contributed by atoms with Gasteiger partial charge >= 0.3 is 0 Å². The van der Waals surface area contributed by atoms with Crippen LogP contribution in [0.2, 0.25) is 0 Å². The summed E-state index contributed by atoms with van der Waals surface area (Å²) < 4.78 is 0. The maximum absolute atomic E-state index is 10.4. The summed E-state index contributed by atoms with van der Waals surface area (Å²) >= 11 is 0. The largest absolute Gasteiger partial charge is 0.388 e. The third kappa shape index (κ3) is 3.15. The molecule has 1 aromatic rings. The molecule has 0 bridgehead atoms. The molecule has 1 aromatic carbocycles. The van der Waals surface area contributed by atoms with E-state index in [1.807, 2.05) is 0 Å². The van der Waals surface area contributed by atoms with E-state index in [9.17, 15) is 10.1 Å². The number of nitro benzene ring substituents is 1. The van der Waals surface area contributed by atoms with Crippen molar-refractivity contribution in [1.29, 1.82) is 10.5 Å². The average molecular weight is 241 g/mol. The first-order valence-corrected chi connectivity index (χ1v) is 4.67. The normalized spacial score (nSPS) is 11.4. The molecule has 0 atom stereocenters. The zero-order valence-electron chi connectivity index (χ0n) is 9.07. The number of benzene rings is 1. The summed E-state index contributed by atoms with van der Waals surface area (Å²) in [5, 5.41) is 27.6. The van der Waals surface area contributed by atoms with Crippen molar-refractivity contribution < 1.29 is 4.92 Å². The number of non-ortho nitro benzene ring substituents is 1. The lowest BCUT2D eigenvalue weighted by atomic mass is 10.2. The maximum atomic E-state index is 10.4. The molecule has 88 valence electrons. The lowest BCUT2D eigenvalue weighted by Gasteiger charge is -1.93. The molecular formula is C11H7N5O2. The van der Waals surface area contributed by atoms with E-state index < -0.39 is 4.92 Å². The van der Waals surface area contributed by atoms with Crippen LogP contribution in [-0.2, 0) is 0 Å². The Morgan fingerprint density at radius 3 is 2.39 bits per heavy atom. The molecular weight excluding hydrogens is 234 g/mol. The van der Waals surface area contributed by atoms with Gasteiger partial charge in [-0.15, -0.1) is 0 Å². The molecule has 0 fully saturated rings. The summed E-state index contributed by atoms with van der Waals surface area (Å²) in [6, 6.07) is 8.85. The predicted octanol–water partition coefficient (Wildman–Crippen LogP) is 1.23. The molecule has 0 aliphatic carbocycles. The molecule has 0 amide bonds. The van der Waals surface area contributed by atoms with Crippen molar-refractivity contribution in [2.45, 2.75) is 0 Å². The van der Waals surface area contributed by atoms with Crippen molar-refractivity contribution in [3.8, 4) is 12.1 Å². The van der Waals surface area contributed by atoms with Crippen molar-refractivity contribution in [3.05, 3.63) is 51.3 Å². The van der Waals surface area contributed by atoms with Crippen LogP contribution >= 0.6 is 0 Å². The lowest BCUT2D eigenvalue weighted by Crippen LogP contribution is -1.97. The number of nitriles is 2. The fraction of sp³-hybridized carbons (Fsp3) is 0. The topological polar surface area (TPSA) is 129 Å². The van der Waals surface area contributed by atoms with Gasteiger partial charge in [0.1, 0.15) is 17.8 Å². The quantitative estimate of drug-likeness (QED) is 0.368. The van der Waals surface area contributed by atoms with Gasteiger partial charge in [0.05, 0.1) is 4.92 Å². The summed E-state index contributed by atoms with van der Waals surface area (Å²) in [5.41, 5.74) is 5.28. The molecule has 1 rings (SSSR count). The smallest absolute Gasteiger partial charge is 0.269 e. The molecule has 0 heterocycles. The number of hydrogen-bond acceptors (Lipinski definition) is 6. The monoisotopic (exact) mass is 241 g/mol. The SMILES string of the molecule is N#C/C(N)=C(/C#N)N=Cc1ccc([N+](=O)[O-])cc1. The third-order valence-electron chi connectivity index (χ3n) is 1.93. The van der Waals surface area contributed by atoms with E-state index in [4.69, 9.17) is 16.3 Å². The Balaban J connectivity index is 2.96. The first kappa shape index (κ1) is 12.9. The van der Waals surface area contributed by atoms with E-state index in [0.29, 0.717) is 5.56 Å². The number of nitro groups is 1. The van der Waals surface area contributed by atoms with Crippen LogP contribution in [0.25, 0.3) is 0 Å². The van der Waals surface area contributed by atoms with Gasteiger partial charge in [-0.3, -0.25) is 10.1 Å². The van der Waals surface area contributed by atoms with Crippen LogP contribution in [0.5, 0.6) is 0 Å². The minimum atomic E-state index is -0.519. The first-order chi connectivity index (χ1) is 8.58. The van der Waals surface area contributed by atoms with Gasteiger partial charge in [-0.05, 0) is 17.7 Å². The highest BCUT2D eigenvalue weighted by Gasteiger charge is 2.03. The Morgan fingerprint density at radius 1 is 1.33 bits per heavy atom. The highest BCUT2D eigenvalue weighted by Crippen LogP contribution is 2.11.